The number of hydrogen-bond donors (Lipinski definition) is 1. The molecule has 6 nitrogen and oxygen atoms in total. The third-order valence-corrected chi connectivity index (χ3v) is 5.68. The minimum absolute atomic E-state index is 0.381. The van der Waals surface area contributed by atoms with Crippen LogP contribution in [0.25, 0.3) is 27.9 Å². The maximum absolute atomic E-state index is 10.0. The summed E-state index contributed by atoms with van der Waals surface area (Å²) in [5.74, 6) is 1.09. The second-order valence-electron chi connectivity index (χ2n) is 7.59. The van der Waals surface area contributed by atoms with Gasteiger partial charge in [-0.2, -0.15) is 5.26 Å². The molecule has 0 spiro atoms. The van der Waals surface area contributed by atoms with Crippen molar-refractivity contribution in [1.82, 2.24) is 19.7 Å². The first-order valence-electron chi connectivity index (χ1n) is 9.92. The summed E-state index contributed by atoms with van der Waals surface area (Å²) in [5, 5.41) is 13.5. The van der Waals surface area contributed by atoms with E-state index in [1.165, 1.54) is 0 Å². The number of nitrogens with zero attached hydrogens (tertiary/aromatic N) is 5. The minimum atomic E-state index is 0.381. The van der Waals surface area contributed by atoms with Crippen molar-refractivity contribution >= 4 is 22.6 Å². The van der Waals surface area contributed by atoms with Crippen LogP contribution in [0.15, 0.2) is 48.7 Å². The lowest BCUT2D eigenvalue weighted by Gasteiger charge is -2.36. The van der Waals surface area contributed by atoms with Crippen molar-refractivity contribution in [3.05, 3.63) is 59.8 Å². The summed E-state index contributed by atoms with van der Waals surface area (Å²) in [6.07, 6.45) is 1.75. The van der Waals surface area contributed by atoms with Crippen LogP contribution in [0.4, 0.5) is 5.82 Å². The van der Waals surface area contributed by atoms with Gasteiger partial charge in [-0.1, -0.05) is 30.3 Å². The van der Waals surface area contributed by atoms with Gasteiger partial charge in [-0.25, -0.2) is 9.97 Å². The topological polar surface area (TPSA) is 69.2 Å². The molecule has 0 aliphatic carbocycles. The number of nitrogens with one attached hydrogen (secondary N) is 1. The number of pyridine rings is 2. The highest BCUT2D eigenvalue weighted by atomic mass is 15.3. The van der Waals surface area contributed by atoms with Crippen molar-refractivity contribution in [2.75, 3.05) is 24.5 Å². The predicted octanol–water partition coefficient (Wildman–Crippen LogP) is 3.53. The quantitative estimate of drug-likeness (QED) is 0.574. The number of benzene rings is 1. The van der Waals surface area contributed by atoms with Crippen LogP contribution in [0.1, 0.15) is 18.1 Å². The SMILES string of the molecule is Cc1c(-c2ccccc2)c(N2CCN[C@@H](C)C2)n2c(nc3ncccc32)c1C#N. The van der Waals surface area contributed by atoms with Crippen molar-refractivity contribution in [1.29, 1.82) is 5.26 Å². The van der Waals surface area contributed by atoms with Crippen LogP contribution in [0.5, 0.6) is 0 Å². The number of rotatable bonds is 2. The van der Waals surface area contributed by atoms with Crippen LogP contribution >= 0.6 is 0 Å². The van der Waals surface area contributed by atoms with Gasteiger partial charge in [0.1, 0.15) is 11.9 Å². The maximum Gasteiger partial charge on any atom is 0.178 e. The second-order valence-corrected chi connectivity index (χ2v) is 7.59. The molecule has 3 aromatic heterocycles. The highest BCUT2D eigenvalue weighted by molar-refractivity contribution is 5.91. The van der Waals surface area contributed by atoms with Crippen LogP contribution in [-0.2, 0) is 0 Å². The molecule has 5 rings (SSSR count). The number of aromatic nitrogens is 3. The van der Waals surface area contributed by atoms with Crippen molar-refractivity contribution < 1.29 is 0 Å². The Morgan fingerprint density at radius 1 is 1.17 bits per heavy atom. The Bertz CT molecular complexity index is 1250. The fourth-order valence-corrected chi connectivity index (χ4v) is 4.38. The number of piperazine rings is 1. The van der Waals surface area contributed by atoms with Gasteiger partial charge in [-0.3, -0.25) is 4.40 Å². The molecule has 4 heterocycles. The fourth-order valence-electron chi connectivity index (χ4n) is 4.38. The molecule has 0 saturated carbocycles. The van der Waals surface area contributed by atoms with Gasteiger partial charge in [-0.15, -0.1) is 0 Å². The molecule has 6 heteroatoms. The first-order valence-corrected chi connectivity index (χ1v) is 9.92. The number of imidazole rings is 1. The molecule has 1 aliphatic rings. The molecule has 1 aliphatic heterocycles. The van der Waals surface area contributed by atoms with Gasteiger partial charge in [0.15, 0.2) is 11.3 Å². The van der Waals surface area contributed by atoms with Crippen LogP contribution in [0.2, 0.25) is 0 Å². The second kappa shape index (κ2) is 6.87. The zero-order valence-electron chi connectivity index (χ0n) is 16.6. The summed E-state index contributed by atoms with van der Waals surface area (Å²) in [7, 11) is 0. The number of anilines is 1. The lowest BCUT2D eigenvalue weighted by molar-refractivity contribution is 0.482. The monoisotopic (exact) mass is 382 g/mol. The van der Waals surface area contributed by atoms with Crippen molar-refractivity contribution in [3.8, 4) is 17.2 Å². The van der Waals surface area contributed by atoms with E-state index < -0.39 is 0 Å². The minimum Gasteiger partial charge on any atom is -0.354 e. The van der Waals surface area contributed by atoms with E-state index >= 15 is 0 Å². The number of fused-ring (bicyclic) bond motifs is 3. The Kier molecular flexibility index (Phi) is 4.18. The van der Waals surface area contributed by atoms with Gasteiger partial charge >= 0.3 is 0 Å². The molecule has 0 bridgehead atoms. The van der Waals surface area contributed by atoms with E-state index in [4.69, 9.17) is 4.98 Å². The predicted molar refractivity (Wildman–Crippen MR) is 115 cm³/mol. The third kappa shape index (κ3) is 2.74. The normalized spacial score (nSPS) is 17.0. The first kappa shape index (κ1) is 17.7. The molecule has 1 aromatic carbocycles. The van der Waals surface area contributed by atoms with Crippen LogP contribution in [0.3, 0.4) is 0 Å². The molecule has 1 N–H and O–H groups in total. The number of nitriles is 1. The molecule has 0 unspecified atom stereocenters. The molecule has 1 saturated heterocycles. The molecule has 144 valence electrons. The summed E-state index contributed by atoms with van der Waals surface area (Å²) in [5.41, 5.74) is 6.04. The zero-order valence-corrected chi connectivity index (χ0v) is 16.6. The zero-order chi connectivity index (χ0) is 20.0. The summed E-state index contributed by atoms with van der Waals surface area (Å²) >= 11 is 0. The van der Waals surface area contributed by atoms with Crippen LogP contribution < -0.4 is 10.2 Å². The maximum atomic E-state index is 10.0. The molecule has 1 fully saturated rings. The van der Waals surface area contributed by atoms with Gasteiger partial charge in [0, 0.05) is 37.4 Å². The average molecular weight is 382 g/mol. The van der Waals surface area contributed by atoms with E-state index in [-0.39, 0.29) is 0 Å². The van der Waals surface area contributed by atoms with Gasteiger partial charge in [0.05, 0.1) is 11.1 Å². The van der Waals surface area contributed by atoms with Crippen LogP contribution in [-0.4, -0.2) is 40.0 Å². The molecule has 0 radical (unpaired) electrons. The Hall–Kier alpha value is -3.43. The van der Waals surface area contributed by atoms with Crippen LogP contribution in [0, 0.1) is 18.3 Å². The van der Waals surface area contributed by atoms with E-state index in [1.807, 2.05) is 37.3 Å². The highest BCUT2D eigenvalue weighted by Gasteiger charge is 2.27. The lowest BCUT2D eigenvalue weighted by atomic mass is 9.97. The molecule has 0 amide bonds. The van der Waals surface area contributed by atoms with Gasteiger partial charge < -0.3 is 10.2 Å². The molecular weight excluding hydrogens is 360 g/mol. The van der Waals surface area contributed by atoms with Gasteiger partial charge in [-0.05, 0) is 37.1 Å². The Labute approximate surface area is 169 Å². The average Bonchev–Trinajstić information content (AvgIpc) is 3.12. The highest BCUT2D eigenvalue weighted by Crippen LogP contribution is 2.39. The Morgan fingerprint density at radius 3 is 2.76 bits per heavy atom. The lowest BCUT2D eigenvalue weighted by Crippen LogP contribution is -2.50. The summed E-state index contributed by atoms with van der Waals surface area (Å²) in [6, 6.07) is 17.1. The fraction of sp³-hybridized carbons (Fsp3) is 0.261. The first-order chi connectivity index (χ1) is 14.2. The standard InChI is InChI=1S/C23H22N6/c1-15-14-28(12-11-25-15)23-20(17-7-4-3-5-8-17)16(2)18(13-24)22-27-21-19(29(22)23)9-6-10-26-21/h3-10,15,25H,11-12,14H2,1-2H3/t15-/m0/s1. The molecule has 29 heavy (non-hydrogen) atoms. The van der Waals surface area contributed by atoms with Crippen molar-refractivity contribution in [2.24, 2.45) is 0 Å². The molecule has 1 atom stereocenters. The number of hydrogen-bond acceptors (Lipinski definition) is 5. The largest absolute Gasteiger partial charge is 0.354 e. The third-order valence-electron chi connectivity index (χ3n) is 5.68. The van der Waals surface area contributed by atoms with E-state index in [9.17, 15) is 5.26 Å². The molecular formula is C23H22N6. The van der Waals surface area contributed by atoms with E-state index in [0.717, 1.165) is 47.7 Å². The summed E-state index contributed by atoms with van der Waals surface area (Å²) in [4.78, 5) is 11.6. The van der Waals surface area contributed by atoms with E-state index in [2.05, 4.69) is 44.7 Å². The van der Waals surface area contributed by atoms with Crippen molar-refractivity contribution in [2.45, 2.75) is 19.9 Å². The molecule has 4 aromatic rings. The van der Waals surface area contributed by atoms with Gasteiger partial charge in [0.25, 0.3) is 0 Å². The Balaban J connectivity index is 1.96. The summed E-state index contributed by atoms with van der Waals surface area (Å²) in [6.45, 7) is 6.93. The van der Waals surface area contributed by atoms with E-state index in [1.54, 1.807) is 6.20 Å². The van der Waals surface area contributed by atoms with Gasteiger partial charge in [0.2, 0.25) is 0 Å². The summed E-state index contributed by atoms with van der Waals surface area (Å²) < 4.78 is 2.13. The van der Waals surface area contributed by atoms with E-state index in [0.29, 0.717) is 22.9 Å². The smallest absolute Gasteiger partial charge is 0.178 e. The van der Waals surface area contributed by atoms with Crippen molar-refractivity contribution in [3.63, 3.8) is 0 Å². The Morgan fingerprint density at radius 2 is 2.00 bits per heavy atom.